The number of rotatable bonds is 6. The van der Waals surface area contributed by atoms with E-state index in [9.17, 15) is 17.2 Å². The first-order chi connectivity index (χ1) is 8.69. The van der Waals surface area contributed by atoms with E-state index < -0.39 is 21.5 Å². The van der Waals surface area contributed by atoms with Crippen molar-refractivity contribution >= 4 is 9.84 Å². The Morgan fingerprint density at radius 3 is 2.37 bits per heavy atom. The third kappa shape index (κ3) is 5.65. The highest BCUT2D eigenvalue weighted by atomic mass is 32.2. The molecule has 0 aliphatic carbocycles. The van der Waals surface area contributed by atoms with Gasteiger partial charge in [-0.3, -0.25) is 0 Å². The molecule has 0 bridgehead atoms. The maximum atomic E-state index is 13.1. The number of hydrogen-bond acceptors (Lipinski definition) is 3. The molecule has 108 valence electrons. The normalized spacial score (nSPS) is 15.2. The summed E-state index contributed by atoms with van der Waals surface area (Å²) in [6.07, 6.45) is 1.18. The van der Waals surface area contributed by atoms with Crippen molar-refractivity contribution in [1.82, 2.24) is 5.32 Å². The molecule has 2 atom stereocenters. The highest BCUT2D eigenvalue weighted by Gasteiger charge is 2.13. The third-order valence-corrected chi connectivity index (χ3v) is 3.94. The Hall–Kier alpha value is -1.01. The highest BCUT2D eigenvalue weighted by Crippen LogP contribution is 2.17. The van der Waals surface area contributed by atoms with Gasteiger partial charge in [0.2, 0.25) is 0 Å². The van der Waals surface area contributed by atoms with E-state index >= 15 is 0 Å². The van der Waals surface area contributed by atoms with E-state index in [-0.39, 0.29) is 17.7 Å². The number of sulfone groups is 1. The quantitative estimate of drug-likeness (QED) is 0.873. The number of nitrogens with one attached hydrogen (secondary N) is 1. The second kappa shape index (κ2) is 6.43. The fraction of sp³-hybridized carbons (Fsp3) is 0.538. The summed E-state index contributed by atoms with van der Waals surface area (Å²) in [5.41, 5.74) is 0.679. The maximum absolute atomic E-state index is 13.1. The van der Waals surface area contributed by atoms with Gasteiger partial charge in [0.25, 0.3) is 0 Å². The average molecular weight is 291 g/mol. The van der Waals surface area contributed by atoms with Crippen molar-refractivity contribution in [3.05, 3.63) is 35.4 Å². The van der Waals surface area contributed by atoms with Gasteiger partial charge in [0.1, 0.15) is 9.84 Å². The van der Waals surface area contributed by atoms with E-state index in [1.54, 1.807) is 6.92 Å². The molecule has 1 aromatic rings. The van der Waals surface area contributed by atoms with Crippen molar-refractivity contribution < 1.29 is 17.2 Å². The molecule has 0 radical (unpaired) electrons. The van der Waals surface area contributed by atoms with Crippen molar-refractivity contribution in [3.8, 4) is 0 Å². The van der Waals surface area contributed by atoms with E-state index in [2.05, 4.69) is 5.32 Å². The molecule has 0 fully saturated rings. The molecule has 1 N–H and O–H groups in total. The molecule has 1 aromatic carbocycles. The van der Waals surface area contributed by atoms with Gasteiger partial charge >= 0.3 is 0 Å². The summed E-state index contributed by atoms with van der Waals surface area (Å²) >= 11 is 0. The first-order valence-electron chi connectivity index (χ1n) is 6.05. The molecule has 0 saturated heterocycles. The van der Waals surface area contributed by atoms with Gasteiger partial charge in [0.05, 0.1) is 5.75 Å². The van der Waals surface area contributed by atoms with E-state index in [0.29, 0.717) is 12.1 Å². The predicted molar refractivity (Wildman–Crippen MR) is 71.9 cm³/mol. The van der Waals surface area contributed by atoms with Crippen LogP contribution >= 0.6 is 0 Å². The van der Waals surface area contributed by atoms with Crippen molar-refractivity contribution in [3.63, 3.8) is 0 Å². The molecule has 6 heteroatoms. The smallest absolute Gasteiger partial charge is 0.159 e. The highest BCUT2D eigenvalue weighted by molar-refractivity contribution is 7.90. The van der Waals surface area contributed by atoms with Gasteiger partial charge in [0, 0.05) is 18.8 Å². The van der Waals surface area contributed by atoms with Gasteiger partial charge in [0.15, 0.2) is 11.6 Å². The Kier molecular flexibility index (Phi) is 5.43. The van der Waals surface area contributed by atoms with Crippen LogP contribution in [0.2, 0.25) is 0 Å². The van der Waals surface area contributed by atoms with Crippen LogP contribution in [-0.2, 0) is 9.84 Å². The van der Waals surface area contributed by atoms with Crippen LogP contribution in [0.15, 0.2) is 18.2 Å². The molecular weight excluding hydrogens is 272 g/mol. The van der Waals surface area contributed by atoms with Crippen LogP contribution in [0.5, 0.6) is 0 Å². The second-order valence-corrected chi connectivity index (χ2v) is 7.16. The molecule has 0 aliphatic heterocycles. The lowest BCUT2D eigenvalue weighted by molar-refractivity contribution is 0.501. The van der Waals surface area contributed by atoms with Crippen LogP contribution in [0.3, 0.4) is 0 Å². The van der Waals surface area contributed by atoms with Gasteiger partial charge in [-0.05, 0) is 30.5 Å². The van der Waals surface area contributed by atoms with Crippen molar-refractivity contribution in [2.45, 2.75) is 25.8 Å². The zero-order valence-electron chi connectivity index (χ0n) is 11.3. The lowest BCUT2D eigenvalue weighted by Crippen LogP contribution is -2.35. The largest absolute Gasteiger partial charge is 0.313 e. The Morgan fingerprint density at radius 2 is 1.84 bits per heavy atom. The van der Waals surface area contributed by atoms with Crippen molar-refractivity contribution in [2.24, 2.45) is 0 Å². The Labute approximate surface area is 112 Å². The van der Waals surface area contributed by atoms with Crippen LogP contribution in [0.1, 0.15) is 25.3 Å². The van der Waals surface area contributed by atoms with E-state index in [4.69, 9.17) is 0 Å². The van der Waals surface area contributed by atoms with Gasteiger partial charge in [-0.2, -0.15) is 0 Å². The van der Waals surface area contributed by atoms with Crippen molar-refractivity contribution in [1.29, 1.82) is 0 Å². The fourth-order valence-electron chi connectivity index (χ4n) is 1.83. The summed E-state index contributed by atoms with van der Waals surface area (Å²) in [6, 6.07) is 3.62. The summed E-state index contributed by atoms with van der Waals surface area (Å²) in [7, 11) is -3.02. The predicted octanol–water partition coefficient (Wildman–Crippen LogP) is 2.09. The van der Waals surface area contributed by atoms with Crippen molar-refractivity contribution in [2.75, 3.05) is 18.6 Å². The number of hydrogen-bond donors (Lipinski definition) is 1. The molecule has 0 aromatic heterocycles. The van der Waals surface area contributed by atoms with E-state index in [1.807, 2.05) is 6.92 Å². The second-order valence-electron chi connectivity index (χ2n) is 4.98. The Balaban J connectivity index is 2.55. The van der Waals surface area contributed by atoms with Gasteiger partial charge < -0.3 is 5.32 Å². The molecule has 0 amide bonds. The molecule has 1 rings (SSSR count). The lowest BCUT2D eigenvalue weighted by atomic mass is 10.0. The van der Waals surface area contributed by atoms with Crippen LogP contribution < -0.4 is 5.32 Å². The van der Waals surface area contributed by atoms with Crippen LogP contribution in [-0.4, -0.2) is 33.0 Å². The minimum atomic E-state index is -3.02. The summed E-state index contributed by atoms with van der Waals surface area (Å²) in [5.74, 6) is -1.71. The molecular formula is C13H19F2NO2S. The number of halogens is 2. The fourth-order valence-corrected chi connectivity index (χ4v) is 2.85. The lowest BCUT2D eigenvalue weighted by Gasteiger charge is -2.17. The topological polar surface area (TPSA) is 46.2 Å². The van der Waals surface area contributed by atoms with Crippen LogP contribution in [0, 0.1) is 11.6 Å². The minimum absolute atomic E-state index is 0.0305. The van der Waals surface area contributed by atoms with Crippen LogP contribution in [0.4, 0.5) is 8.78 Å². The van der Waals surface area contributed by atoms with E-state index in [1.165, 1.54) is 18.4 Å². The summed E-state index contributed by atoms with van der Waals surface area (Å²) in [5, 5.41) is 3.08. The third-order valence-electron chi connectivity index (χ3n) is 2.84. The maximum Gasteiger partial charge on any atom is 0.159 e. The molecule has 0 heterocycles. The Bertz CT molecular complexity index is 531. The summed E-state index contributed by atoms with van der Waals surface area (Å²) in [6.45, 7) is 4.15. The molecule has 0 aliphatic rings. The molecule has 0 spiro atoms. The Morgan fingerprint density at radius 1 is 1.21 bits per heavy atom. The standard InChI is InChI=1S/C13H19F2NO2S/c1-9(7-16-10(2)8-19(3,17)18)11-4-5-12(14)13(15)6-11/h4-6,9-10,16H,7-8H2,1-3H3/t9-,10-/m1/s1. The molecule has 3 nitrogen and oxygen atoms in total. The monoisotopic (exact) mass is 291 g/mol. The minimum Gasteiger partial charge on any atom is -0.313 e. The van der Waals surface area contributed by atoms with Crippen LogP contribution in [0.25, 0.3) is 0 Å². The summed E-state index contributed by atoms with van der Waals surface area (Å²) < 4.78 is 48.1. The zero-order valence-corrected chi connectivity index (χ0v) is 12.1. The first-order valence-corrected chi connectivity index (χ1v) is 8.11. The van der Waals surface area contributed by atoms with Gasteiger partial charge in [-0.1, -0.05) is 13.0 Å². The zero-order chi connectivity index (χ0) is 14.6. The summed E-state index contributed by atoms with van der Waals surface area (Å²) in [4.78, 5) is 0. The van der Waals surface area contributed by atoms with Gasteiger partial charge in [-0.15, -0.1) is 0 Å². The molecule has 0 unspecified atom stereocenters. The average Bonchev–Trinajstić information content (AvgIpc) is 2.27. The SMILES string of the molecule is C[C@H](CS(C)(=O)=O)NC[C@@H](C)c1ccc(F)c(F)c1. The van der Waals surface area contributed by atoms with Gasteiger partial charge in [-0.25, -0.2) is 17.2 Å². The molecule has 19 heavy (non-hydrogen) atoms. The van der Waals surface area contributed by atoms with E-state index in [0.717, 1.165) is 6.07 Å². The number of benzene rings is 1. The first kappa shape index (κ1) is 16.0. The molecule has 0 saturated carbocycles.